The van der Waals surface area contributed by atoms with Gasteiger partial charge in [0.05, 0.1) is 11.8 Å². The van der Waals surface area contributed by atoms with Gasteiger partial charge in [0.15, 0.2) is 0 Å². The minimum absolute atomic E-state index is 0.00694. The average Bonchev–Trinajstić information content (AvgIpc) is 3.20. The minimum Gasteiger partial charge on any atom is -0.322 e. The second kappa shape index (κ2) is 7.60. The molecule has 1 atom stereocenters. The monoisotopic (exact) mass is 381 g/mol. The van der Waals surface area contributed by atoms with E-state index in [0.717, 1.165) is 30.7 Å². The first-order valence-electron chi connectivity index (χ1n) is 8.81. The molecule has 1 unspecified atom stereocenters. The van der Waals surface area contributed by atoms with Crippen molar-refractivity contribution in [3.63, 3.8) is 0 Å². The van der Waals surface area contributed by atoms with Crippen molar-refractivity contribution in [1.82, 2.24) is 36.0 Å². The molecule has 1 aliphatic carbocycles. The van der Waals surface area contributed by atoms with Gasteiger partial charge in [0.25, 0.3) is 5.91 Å². The molecule has 10 nitrogen and oxygen atoms in total. The molecule has 0 bridgehead atoms. The van der Waals surface area contributed by atoms with Crippen molar-refractivity contribution in [2.24, 2.45) is 0 Å². The normalized spacial score (nSPS) is 24.0. The topological polar surface area (TPSA) is 122 Å². The number of imide groups is 1. The summed E-state index contributed by atoms with van der Waals surface area (Å²) >= 11 is 1.19. The van der Waals surface area contributed by atoms with Crippen LogP contribution in [0.2, 0.25) is 0 Å². The number of thioether (sulfide) groups is 1. The molecule has 2 heterocycles. The number of rotatable bonds is 6. The van der Waals surface area contributed by atoms with E-state index in [-0.39, 0.29) is 11.8 Å². The summed E-state index contributed by atoms with van der Waals surface area (Å²) in [5.74, 6) is -0.917. The lowest BCUT2D eigenvalue weighted by molar-refractivity contribution is -0.137. The predicted molar refractivity (Wildman–Crippen MR) is 92.9 cm³/mol. The highest BCUT2D eigenvalue weighted by Gasteiger charge is 2.47. The Morgan fingerprint density at radius 1 is 1.35 bits per heavy atom. The maximum absolute atomic E-state index is 12.3. The summed E-state index contributed by atoms with van der Waals surface area (Å²) in [7, 11) is 0. The van der Waals surface area contributed by atoms with Gasteiger partial charge in [-0.25, -0.2) is 9.48 Å². The first kappa shape index (κ1) is 18.6. The van der Waals surface area contributed by atoms with Crippen molar-refractivity contribution >= 4 is 29.6 Å². The number of hydrogen-bond donors (Lipinski definition) is 2. The molecule has 3 rings (SSSR count). The second-order valence-corrected chi connectivity index (χ2v) is 7.72. The zero-order valence-electron chi connectivity index (χ0n) is 14.9. The third-order valence-corrected chi connectivity index (χ3v) is 5.85. The Kier molecular flexibility index (Phi) is 5.44. The number of carbonyl (C=O) groups is 3. The van der Waals surface area contributed by atoms with Crippen LogP contribution in [0.1, 0.15) is 58.4 Å². The number of nitrogens with one attached hydrogen (secondary N) is 2. The van der Waals surface area contributed by atoms with Gasteiger partial charge in [0.1, 0.15) is 5.54 Å². The van der Waals surface area contributed by atoms with Crippen molar-refractivity contribution in [2.75, 3.05) is 5.75 Å². The van der Waals surface area contributed by atoms with Crippen LogP contribution in [0.3, 0.4) is 0 Å². The molecule has 2 fully saturated rings. The SMILES string of the molecule is CCC1(C)NC(=O)N(NC(=O)CSc2nnnn2C2CCCCC2)C1=O. The molecule has 1 aromatic heterocycles. The van der Waals surface area contributed by atoms with Crippen molar-refractivity contribution in [3.8, 4) is 0 Å². The maximum Gasteiger partial charge on any atom is 0.344 e. The molecule has 142 valence electrons. The van der Waals surface area contributed by atoms with E-state index in [4.69, 9.17) is 0 Å². The highest BCUT2D eigenvalue weighted by molar-refractivity contribution is 7.99. The van der Waals surface area contributed by atoms with E-state index in [1.165, 1.54) is 18.2 Å². The third kappa shape index (κ3) is 3.67. The Morgan fingerprint density at radius 2 is 2.08 bits per heavy atom. The Bertz CT molecular complexity index is 703. The molecule has 1 aliphatic heterocycles. The van der Waals surface area contributed by atoms with Gasteiger partial charge in [-0.15, -0.1) is 5.10 Å². The minimum atomic E-state index is -0.984. The van der Waals surface area contributed by atoms with Crippen LogP contribution < -0.4 is 10.7 Å². The van der Waals surface area contributed by atoms with Crippen LogP contribution in [0, 0.1) is 0 Å². The summed E-state index contributed by atoms with van der Waals surface area (Å²) in [5, 5.41) is 15.7. The molecule has 0 radical (unpaired) electrons. The number of hydrazine groups is 1. The molecule has 1 saturated carbocycles. The molecule has 0 aromatic carbocycles. The number of hydrogen-bond acceptors (Lipinski definition) is 7. The number of urea groups is 1. The number of nitrogens with zero attached hydrogens (tertiary/aromatic N) is 5. The van der Waals surface area contributed by atoms with Crippen LogP contribution >= 0.6 is 11.8 Å². The summed E-state index contributed by atoms with van der Waals surface area (Å²) in [4.78, 5) is 36.4. The van der Waals surface area contributed by atoms with Gasteiger partial charge in [0, 0.05) is 0 Å². The van der Waals surface area contributed by atoms with Crippen LogP contribution in [0.4, 0.5) is 4.79 Å². The van der Waals surface area contributed by atoms with Gasteiger partial charge in [-0.2, -0.15) is 5.01 Å². The highest BCUT2D eigenvalue weighted by atomic mass is 32.2. The van der Waals surface area contributed by atoms with Crippen molar-refractivity contribution in [3.05, 3.63) is 0 Å². The van der Waals surface area contributed by atoms with E-state index < -0.39 is 23.4 Å². The van der Waals surface area contributed by atoms with Crippen LogP contribution in [-0.4, -0.2) is 54.4 Å². The molecule has 1 aromatic rings. The number of amides is 4. The van der Waals surface area contributed by atoms with Gasteiger partial charge in [0.2, 0.25) is 11.1 Å². The molecule has 26 heavy (non-hydrogen) atoms. The van der Waals surface area contributed by atoms with Crippen molar-refractivity contribution in [1.29, 1.82) is 0 Å². The van der Waals surface area contributed by atoms with Gasteiger partial charge in [-0.05, 0) is 36.6 Å². The Morgan fingerprint density at radius 3 is 2.73 bits per heavy atom. The summed E-state index contributed by atoms with van der Waals surface area (Å²) in [6.45, 7) is 3.43. The fourth-order valence-electron chi connectivity index (χ4n) is 3.15. The lowest BCUT2D eigenvalue weighted by Gasteiger charge is -2.22. The van der Waals surface area contributed by atoms with E-state index in [2.05, 4.69) is 26.3 Å². The number of tetrazole rings is 1. The predicted octanol–water partition coefficient (Wildman–Crippen LogP) is 1.02. The van der Waals surface area contributed by atoms with Crippen molar-refractivity contribution < 1.29 is 14.4 Å². The maximum atomic E-state index is 12.3. The van der Waals surface area contributed by atoms with Crippen LogP contribution in [0.25, 0.3) is 0 Å². The first-order valence-corrected chi connectivity index (χ1v) is 9.80. The Labute approximate surface area is 155 Å². The quantitative estimate of drug-likeness (QED) is 0.557. The molecule has 11 heteroatoms. The van der Waals surface area contributed by atoms with Gasteiger partial charge < -0.3 is 5.32 Å². The van der Waals surface area contributed by atoms with Crippen LogP contribution in [-0.2, 0) is 9.59 Å². The van der Waals surface area contributed by atoms with Gasteiger partial charge in [-0.3, -0.25) is 15.0 Å². The van der Waals surface area contributed by atoms with E-state index in [9.17, 15) is 14.4 Å². The summed E-state index contributed by atoms with van der Waals surface area (Å²) in [6, 6.07) is -0.356. The molecular formula is C15H23N7O3S. The van der Waals surface area contributed by atoms with Crippen molar-refractivity contribution in [2.45, 2.75) is 69.1 Å². The molecule has 2 N–H and O–H groups in total. The lowest BCUT2D eigenvalue weighted by atomic mass is 9.96. The molecule has 1 saturated heterocycles. The summed E-state index contributed by atoms with van der Waals surface area (Å²) < 4.78 is 1.78. The third-order valence-electron chi connectivity index (χ3n) is 4.92. The zero-order valence-corrected chi connectivity index (χ0v) is 15.7. The smallest absolute Gasteiger partial charge is 0.322 e. The van der Waals surface area contributed by atoms with E-state index in [0.29, 0.717) is 11.6 Å². The largest absolute Gasteiger partial charge is 0.344 e. The molecule has 4 amide bonds. The second-order valence-electron chi connectivity index (χ2n) is 6.78. The van der Waals surface area contributed by atoms with Gasteiger partial charge in [-0.1, -0.05) is 37.9 Å². The fraction of sp³-hybridized carbons (Fsp3) is 0.733. The highest BCUT2D eigenvalue weighted by Crippen LogP contribution is 2.30. The number of carbonyl (C=O) groups excluding carboxylic acids is 3. The lowest BCUT2D eigenvalue weighted by Crippen LogP contribution is -2.49. The molecule has 2 aliphatic rings. The van der Waals surface area contributed by atoms with E-state index in [1.54, 1.807) is 18.5 Å². The standard InChI is InChI=1S/C15H23N7O3S/c1-3-15(2)12(24)22(13(25)16-15)18-11(23)9-26-14-17-19-20-21(14)10-7-5-4-6-8-10/h10H,3-9H2,1-2H3,(H,16,25)(H,18,23). The average molecular weight is 381 g/mol. The fourth-order valence-corrected chi connectivity index (χ4v) is 3.88. The van der Waals surface area contributed by atoms with E-state index >= 15 is 0 Å². The first-order chi connectivity index (χ1) is 12.4. The molecule has 0 spiro atoms. The Hall–Kier alpha value is -2.17. The van der Waals surface area contributed by atoms with Crippen LogP contribution in [0.15, 0.2) is 5.16 Å². The van der Waals surface area contributed by atoms with Crippen LogP contribution in [0.5, 0.6) is 0 Å². The summed E-state index contributed by atoms with van der Waals surface area (Å²) in [5.41, 5.74) is 1.38. The molecular weight excluding hydrogens is 358 g/mol. The zero-order chi connectivity index (χ0) is 18.7. The van der Waals surface area contributed by atoms with E-state index in [1.807, 2.05) is 0 Å². The summed E-state index contributed by atoms with van der Waals surface area (Å²) in [6.07, 6.45) is 6.03. The van der Waals surface area contributed by atoms with Gasteiger partial charge >= 0.3 is 6.03 Å². The number of aromatic nitrogens is 4. The Balaban J connectivity index is 1.56.